The summed E-state index contributed by atoms with van der Waals surface area (Å²) in [5, 5.41) is 12.0. The van der Waals surface area contributed by atoms with Crippen molar-refractivity contribution in [3.05, 3.63) is 48.3 Å². The number of nitrogens with two attached hydrogens (primary N) is 2. The Bertz CT molecular complexity index is 1170. The summed E-state index contributed by atoms with van der Waals surface area (Å²) in [6.45, 7) is 2.14. The van der Waals surface area contributed by atoms with Crippen LogP contribution < -0.4 is 22.4 Å². The predicted octanol–water partition coefficient (Wildman–Crippen LogP) is 1.24. The van der Waals surface area contributed by atoms with Gasteiger partial charge in [-0.05, 0) is 37.5 Å². The minimum Gasteiger partial charge on any atom is -0.323 e. The topological polar surface area (TPSA) is 139 Å². The average molecular weight is 419 g/mol. The van der Waals surface area contributed by atoms with Gasteiger partial charge in [-0.3, -0.25) is 20.4 Å². The predicted molar refractivity (Wildman–Crippen MR) is 118 cm³/mol. The molecule has 1 fully saturated rings. The highest BCUT2D eigenvalue weighted by Gasteiger charge is 2.45. The zero-order valence-electron chi connectivity index (χ0n) is 17.1. The number of aromatic nitrogens is 3. The third-order valence-corrected chi connectivity index (χ3v) is 6.37. The van der Waals surface area contributed by atoms with Gasteiger partial charge in [0, 0.05) is 47.9 Å². The first-order chi connectivity index (χ1) is 15.1. The molecule has 10 nitrogen and oxygen atoms in total. The Labute approximate surface area is 179 Å². The first kappa shape index (κ1) is 19.3. The fourth-order valence-electron chi connectivity index (χ4n) is 4.81. The van der Waals surface area contributed by atoms with E-state index in [4.69, 9.17) is 16.8 Å². The van der Waals surface area contributed by atoms with E-state index >= 15 is 0 Å². The minimum atomic E-state index is -0.269. The molecule has 1 saturated heterocycles. The molecule has 1 unspecified atom stereocenters. The molecule has 4 heterocycles. The van der Waals surface area contributed by atoms with E-state index in [1.54, 1.807) is 4.90 Å². The van der Waals surface area contributed by atoms with Crippen LogP contribution in [0.4, 0.5) is 4.79 Å². The maximum absolute atomic E-state index is 12.6. The molecule has 5 rings (SSSR count). The van der Waals surface area contributed by atoms with Crippen molar-refractivity contribution in [3.8, 4) is 11.3 Å². The number of nitrogens with one attached hydrogen (secondary N) is 2. The van der Waals surface area contributed by atoms with E-state index in [0.29, 0.717) is 13.1 Å². The summed E-state index contributed by atoms with van der Waals surface area (Å²) in [4.78, 5) is 19.0. The third kappa shape index (κ3) is 3.34. The van der Waals surface area contributed by atoms with Crippen LogP contribution in [0.5, 0.6) is 0 Å². The number of benzene rings is 1. The third-order valence-electron chi connectivity index (χ3n) is 6.37. The number of carbonyl (C=O) groups excluding carboxylic acids is 1. The van der Waals surface area contributed by atoms with Gasteiger partial charge in [0.05, 0.1) is 11.2 Å². The summed E-state index contributed by atoms with van der Waals surface area (Å²) in [7, 11) is 0. The van der Waals surface area contributed by atoms with Gasteiger partial charge in [0.1, 0.15) is 0 Å². The SMILES string of the molecule is N/N=C(\NN)NC(=O)N1CCC2(CCCn3nc(-c4cnc5ccccc5c4)cc32)C1. The minimum absolute atomic E-state index is 0.0331. The monoisotopic (exact) mass is 419 g/mol. The van der Waals surface area contributed by atoms with Crippen molar-refractivity contribution in [2.75, 3.05) is 13.1 Å². The van der Waals surface area contributed by atoms with Gasteiger partial charge in [0.25, 0.3) is 0 Å². The Balaban J connectivity index is 1.43. The molecule has 2 amide bonds. The highest BCUT2D eigenvalue weighted by atomic mass is 16.2. The van der Waals surface area contributed by atoms with E-state index < -0.39 is 0 Å². The lowest BCUT2D eigenvalue weighted by Crippen LogP contribution is -2.50. The van der Waals surface area contributed by atoms with Crippen molar-refractivity contribution in [2.45, 2.75) is 31.2 Å². The molecule has 1 spiro atoms. The van der Waals surface area contributed by atoms with Crippen LogP contribution in [0.25, 0.3) is 22.2 Å². The normalized spacial score (nSPS) is 20.8. The Morgan fingerprint density at radius 1 is 1.19 bits per heavy atom. The van der Waals surface area contributed by atoms with Gasteiger partial charge in [-0.1, -0.05) is 18.2 Å². The van der Waals surface area contributed by atoms with E-state index in [1.165, 1.54) is 5.69 Å². The number of rotatable bonds is 1. The summed E-state index contributed by atoms with van der Waals surface area (Å²) < 4.78 is 2.10. The van der Waals surface area contributed by atoms with Crippen LogP contribution in [0, 0.1) is 0 Å². The number of fused-ring (bicyclic) bond motifs is 3. The summed E-state index contributed by atoms with van der Waals surface area (Å²) in [5.41, 5.74) is 6.23. The van der Waals surface area contributed by atoms with Crippen LogP contribution in [-0.4, -0.2) is 44.7 Å². The van der Waals surface area contributed by atoms with E-state index in [0.717, 1.165) is 48.0 Å². The number of pyridine rings is 1. The number of para-hydroxylation sites is 1. The molecule has 0 bridgehead atoms. The first-order valence-electron chi connectivity index (χ1n) is 10.4. The van der Waals surface area contributed by atoms with Gasteiger partial charge in [-0.25, -0.2) is 10.6 Å². The van der Waals surface area contributed by atoms with Crippen molar-refractivity contribution in [2.24, 2.45) is 16.8 Å². The van der Waals surface area contributed by atoms with Gasteiger partial charge in [-0.15, -0.1) is 5.10 Å². The number of carbonyl (C=O) groups is 1. The number of urea groups is 1. The van der Waals surface area contributed by atoms with Gasteiger partial charge in [0.2, 0.25) is 5.96 Å². The Morgan fingerprint density at radius 2 is 2.06 bits per heavy atom. The van der Waals surface area contributed by atoms with E-state index in [2.05, 4.69) is 43.7 Å². The molecule has 160 valence electrons. The second kappa shape index (κ2) is 7.55. The second-order valence-electron chi connectivity index (χ2n) is 8.16. The van der Waals surface area contributed by atoms with Crippen LogP contribution in [0.15, 0.2) is 47.7 Å². The summed E-state index contributed by atoms with van der Waals surface area (Å²) in [6, 6.07) is 12.1. The zero-order chi connectivity index (χ0) is 21.4. The highest BCUT2D eigenvalue weighted by molar-refractivity contribution is 5.96. The number of hydrazine groups is 1. The van der Waals surface area contributed by atoms with Crippen molar-refractivity contribution < 1.29 is 4.79 Å². The Kier molecular flexibility index (Phi) is 4.70. The Hall–Kier alpha value is -3.66. The van der Waals surface area contributed by atoms with Crippen LogP contribution in [-0.2, 0) is 12.0 Å². The lowest BCUT2D eigenvalue weighted by molar-refractivity contribution is 0.207. The standard InChI is InChI=1S/C21H25N9O/c22-26-19(27-23)25-20(31)29-9-7-21(13-29)6-3-8-30-18(21)11-17(28-30)15-10-14-4-1-2-5-16(14)24-12-15/h1-2,4-5,10-12H,3,6-9,13,22-23H2,(H2,25,26,27,31). The quantitative estimate of drug-likeness (QED) is 0.202. The smallest absolute Gasteiger partial charge is 0.323 e. The summed E-state index contributed by atoms with van der Waals surface area (Å²) >= 11 is 0. The van der Waals surface area contributed by atoms with Crippen LogP contribution >= 0.6 is 0 Å². The molecule has 2 aliphatic heterocycles. The van der Waals surface area contributed by atoms with Gasteiger partial charge in [-0.2, -0.15) is 5.10 Å². The van der Waals surface area contributed by atoms with Gasteiger partial charge < -0.3 is 10.7 Å². The molecular weight excluding hydrogens is 394 g/mol. The lowest BCUT2D eigenvalue weighted by Gasteiger charge is -2.34. The fourth-order valence-corrected chi connectivity index (χ4v) is 4.81. The van der Waals surface area contributed by atoms with Gasteiger partial charge >= 0.3 is 6.03 Å². The average Bonchev–Trinajstić information content (AvgIpc) is 3.43. The lowest BCUT2D eigenvalue weighted by atomic mass is 9.77. The molecule has 3 aromatic rings. The second-order valence-corrected chi connectivity index (χ2v) is 8.16. The van der Waals surface area contributed by atoms with E-state index in [9.17, 15) is 4.79 Å². The van der Waals surface area contributed by atoms with Crippen molar-refractivity contribution in [1.29, 1.82) is 0 Å². The van der Waals surface area contributed by atoms with Crippen molar-refractivity contribution in [3.63, 3.8) is 0 Å². The molecule has 10 heteroatoms. The maximum Gasteiger partial charge on any atom is 0.324 e. The number of hydrazone groups is 1. The fraction of sp³-hybridized carbons (Fsp3) is 0.333. The van der Waals surface area contributed by atoms with E-state index in [1.807, 2.05) is 24.4 Å². The number of amides is 2. The number of likely N-dealkylation sites (tertiary alicyclic amines) is 1. The first-order valence-corrected chi connectivity index (χ1v) is 10.4. The largest absolute Gasteiger partial charge is 0.324 e. The molecule has 1 atom stereocenters. The number of hydrogen-bond donors (Lipinski definition) is 4. The number of nitrogens with zero attached hydrogens (tertiary/aromatic N) is 5. The molecule has 0 saturated carbocycles. The van der Waals surface area contributed by atoms with Crippen molar-refractivity contribution in [1.82, 2.24) is 30.4 Å². The van der Waals surface area contributed by atoms with Crippen LogP contribution in [0.2, 0.25) is 0 Å². The number of guanidine groups is 1. The van der Waals surface area contributed by atoms with Crippen molar-refractivity contribution >= 4 is 22.9 Å². The number of aryl methyl sites for hydroxylation is 1. The molecule has 0 aliphatic carbocycles. The molecule has 31 heavy (non-hydrogen) atoms. The van der Waals surface area contributed by atoms with Gasteiger partial charge in [0.15, 0.2) is 0 Å². The summed E-state index contributed by atoms with van der Waals surface area (Å²) in [6.07, 6.45) is 4.81. The maximum atomic E-state index is 12.6. The highest BCUT2D eigenvalue weighted by Crippen LogP contribution is 2.43. The zero-order valence-corrected chi connectivity index (χ0v) is 17.1. The molecule has 0 radical (unpaired) electrons. The van der Waals surface area contributed by atoms with Crippen LogP contribution in [0.1, 0.15) is 25.0 Å². The molecule has 6 N–H and O–H groups in total. The molecular formula is C21H25N9O. The Morgan fingerprint density at radius 3 is 2.90 bits per heavy atom. The van der Waals surface area contributed by atoms with Crippen LogP contribution in [0.3, 0.4) is 0 Å². The summed E-state index contributed by atoms with van der Waals surface area (Å²) in [5.74, 6) is 10.6. The molecule has 2 aliphatic rings. The molecule has 1 aromatic carbocycles. The molecule has 2 aromatic heterocycles. The van der Waals surface area contributed by atoms with E-state index in [-0.39, 0.29) is 17.4 Å². The number of hydrogen-bond acceptors (Lipinski definition) is 6.